The molecular formula is C15H19ClN4O. The average molecular weight is 307 g/mol. The third-order valence-electron chi connectivity index (χ3n) is 3.25. The summed E-state index contributed by atoms with van der Waals surface area (Å²) in [5.41, 5.74) is 1.28. The Hall–Kier alpha value is -1.88. The summed E-state index contributed by atoms with van der Waals surface area (Å²) < 4.78 is 5.65. The average Bonchev–Trinajstić information content (AvgIpc) is 2.46. The lowest BCUT2D eigenvalue weighted by molar-refractivity contribution is 0.439. The van der Waals surface area contributed by atoms with E-state index >= 15 is 0 Å². The maximum atomic E-state index is 5.88. The molecule has 0 amide bonds. The van der Waals surface area contributed by atoms with E-state index in [-0.39, 0.29) is 11.3 Å². The van der Waals surface area contributed by atoms with Gasteiger partial charge in [-0.15, -0.1) is 0 Å². The van der Waals surface area contributed by atoms with Gasteiger partial charge in [-0.3, -0.25) is 0 Å². The van der Waals surface area contributed by atoms with Gasteiger partial charge >= 0.3 is 6.01 Å². The lowest BCUT2D eigenvalue weighted by Crippen LogP contribution is -2.13. The lowest BCUT2D eigenvalue weighted by Gasteiger charge is -2.12. The Bertz CT molecular complexity index is 601. The van der Waals surface area contributed by atoms with E-state index in [1.165, 1.54) is 5.56 Å². The maximum Gasteiger partial charge on any atom is 0.328 e. The highest BCUT2D eigenvalue weighted by atomic mass is 35.5. The van der Waals surface area contributed by atoms with Crippen molar-refractivity contribution < 1.29 is 4.74 Å². The number of benzene rings is 1. The second kappa shape index (κ2) is 6.72. The predicted octanol–water partition coefficient (Wildman–Crippen LogP) is 3.90. The summed E-state index contributed by atoms with van der Waals surface area (Å²) in [5.74, 6) is 1.67. The highest BCUT2D eigenvalue weighted by Crippen LogP contribution is 2.24. The largest absolute Gasteiger partial charge is 0.424 e. The number of hydrogen-bond acceptors (Lipinski definition) is 5. The van der Waals surface area contributed by atoms with Crippen molar-refractivity contribution in [3.05, 3.63) is 35.1 Å². The molecule has 2 rings (SSSR count). The van der Waals surface area contributed by atoms with Crippen molar-refractivity contribution in [2.24, 2.45) is 0 Å². The van der Waals surface area contributed by atoms with Gasteiger partial charge in [0.05, 0.1) is 0 Å². The molecule has 0 fully saturated rings. The molecule has 1 atom stereocenters. The zero-order valence-corrected chi connectivity index (χ0v) is 13.4. The number of rotatable bonds is 5. The van der Waals surface area contributed by atoms with Gasteiger partial charge in [0.1, 0.15) is 5.75 Å². The molecule has 0 saturated heterocycles. The Kier molecular flexibility index (Phi) is 4.96. The van der Waals surface area contributed by atoms with Crippen LogP contribution in [-0.4, -0.2) is 29.0 Å². The van der Waals surface area contributed by atoms with Crippen LogP contribution in [-0.2, 0) is 0 Å². The molecule has 0 aliphatic rings. The fourth-order valence-corrected chi connectivity index (χ4v) is 1.92. The summed E-state index contributed by atoms with van der Waals surface area (Å²) in [6.45, 7) is 4.37. The molecule has 1 aromatic carbocycles. The van der Waals surface area contributed by atoms with Crippen LogP contribution >= 0.6 is 11.6 Å². The zero-order valence-electron chi connectivity index (χ0n) is 12.7. The van der Waals surface area contributed by atoms with E-state index in [2.05, 4.69) is 40.9 Å². The van der Waals surface area contributed by atoms with Gasteiger partial charge < -0.3 is 9.64 Å². The molecule has 0 aliphatic heterocycles. The molecule has 1 heterocycles. The second-order valence-electron chi connectivity index (χ2n) is 5.06. The Labute approximate surface area is 130 Å². The van der Waals surface area contributed by atoms with Crippen molar-refractivity contribution in [3.63, 3.8) is 0 Å². The zero-order chi connectivity index (χ0) is 15.4. The van der Waals surface area contributed by atoms with Gasteiger partial charge in [0.15, 0.2) is 0 Å². The lowest BCUT2D eigenvalue weighted by atomic mass is 9.99. The van der Waals surface area contributed by atoms with Crippen LogP contribution < -0.4 is 9.64 Å². The normalized spacial score (nSPS) is 12.0. The van der Waals surface area contributed by atoms with Gasteiger partial charge in [0.2, 0.25) is 11.2 Å². The summed E-state index contributed by atoms with van der Waals surface area (Å²) in [7, 11) is 3.66. The van der Waals surface area contributed by atoms with Crippen molar-refractivity contribution in [1.29, 1.82) is 0 Å². The molecule has 2 aromatic rings. The third kappa shape index (κ3) is 4.04. The van der Waals surface area contributed by atoms with Crippen molar-refractivity contribution in [2.45, 2.75) is 26.2 Å². The topological polar surface area (TPSA) is 51.1 Å². The summed E-state index contributed by atoms with van der Waals surface area (Å²) in [6, 6.07) is 8.12. The number of nitrogens with zero attached hydrogens (tertiary/aromatic N) is 4. The Morgan fingerprint density at radius 2 is 1.81 bits per heavy atom. The standard InChI is InChI=1S/C15H19ClN4O/c1-5-10(2)11-6-8-12(9-7-11)21-15-18-13(16)17-14(19-15)20(3)4/h6-10H,5H2,1-4H3. The third-order valence-corrected chi connectivity index (χ3v) is 3.42. The van der Waals surface area contributed by atoms with Gasteiger partial charge in [0, 0.05) is 14.1 Å². The maximum absolute atomic E-state index is 5.88. The van der Waals surface area contributed by atoms with Gasteiger partial charge in [-0.25, -0.2) is 0 Å². The number of ether oxygens (including phenoxy) is 1. The molecule has 0 bridgehead atoms. The molecular weight excluding hydrogens is 288 g/mol. The quantitative estimate of drug-likeness (QED) is 0.838. The van der Waals surface area contributed by atoms with E-state index < -0.39 is 0 Å². The number of aromatic nitrogens is 3. The Balaban J connectivity index is 2.18. The van der Waals surface area contributed by atoms with E-state index in [9.17, 15) is 0 Å². The van der Waals surface area contributed by atoms with Gasteiger partial charge in [-0.05, 0) is 41.6 Å². The molecule has 1 aromatic heterocycles. The molecule has 0 saturated carbocycles. The SMILES string of the molecule is CCC(C)c1ccc(Oc2nc(Cl)nc(N(C)C)n2)cc1. The van der Waals surface area contributed by atoms with Crippen LogP contribution in [0.4, 0.5) is 5.95 Å². The van der Waals surface area contributed by atoms with E-state index in [1.807, 2.05) is 26.2 Å². The predicted molar refractivity (Wildman–Crippen MR) is 84.4 cm³/mol. The Morgan fingerprint density at radius 3 is 2.38 bits per heavy atom. The van der Waals surface area contributed by atoms with Crippen LogP contribution in [0, 0.1) is 0 Å². The minimum atomic E-state index is 0.111. The number of anilines is 1. The van der Waals surface area contributed by atoms with Crippen molar-refractivity contribution >= 4 is 17.5 Å². The van der Waals surface area contributed by atoms with Gasteiger partial charge in [-0.1, -0.05) is 26.0 Å². The molecule has 5 nitrogen and oxygen atoms in total. The van der Waals surface area contributed by atoms with Crippen LogP contribution in [0.2, 0.25) is 5.28 Å². The summed E-state index contributed by atoms with van der Waals surface area (Å²) in [6.07, 6.45) is 1.11. The monoisotopic (exact) mass is 306 g/mol. The van der Waals surface area contributed by atoms with Crippen LogP contribution in [0.1, 0.15) is 31.7 Å². The van der Waals surface area contributed by atoms with Crippen LogP contribution in [0.5, 0.6) is 11.8 Å². The van der Waals surface area contributed by atoms with Crippen LogP contribution in [0.15, 0.2) is 24.3 Å². The van der Waals surface area contributed by atoms with E-state index in [1.54, 1.807) is 4.90 Å². The Morgan fingerprint density at radius 1 is 1.14 bits per heavy atom. The van der Waals surface area contributed by atoms with Crippen LogP contribution in [0.3, 0.4) is 0 Å². The van der Waals surface area contributed by atoms with Crippen molar-refractivity contribution in [2.75, 3.05) is 19.0 Å². The van der Waals surface area contributed by atoms with Gasteiger partial charge in [0.25, 0.3) is 0 Å². The smallest absolute Gasteiger partial charge is 0.328 e. The van der Waals surface area contributed by atoms with Gasteiger partial charge in [-0.2, -0.15) is 15.0 Å². The fourth-order valence-electron chi connectivity index (χ4n) is 1.77. The molecule has 21 heavy (non-hydrogen) atoms. The summed E-state index contributed by atoms with van der Waals surface area (Å²) in [5, 5.41) is 0.111. The first kappa shape index (κ1) is 15.5. The van der Waals surface area contributed by atoms with E-state index in [0.29, 0.717) is 17.6 Å². The molecule has 0 spiro atoms. The number of halogens is 1. The molecule has 1 unspecified atom stereocenters. The van der Waals surface area contributed by atoms with Crippen molar-refractivity contribution in [1.82, 2.24) is 15.0 Å². The van der Waals surface area contributed by atoms with E-state index in [4.69, 9.17) is 16.3 Å². The first-order chi connectivity index (χ1) is 9.99. The minimum Gasteiger partial charge on any atom is -0.424 e. The number of hydrogen-bond donors (Lipinski definition) is 0. The molecule has 0 radical (unpaired) electrons. The molecule has 0 aliphatic carbocycles. The molecule has 0 N–H and O–H groups in total. The molecule has 112 valence electrons. The van der Waals surface area contributed by atoms with Crippen molar-refractivity contribution in [3.8, 4) is 11.8 Å². The van der Waals surface area contributed by atoms with Crippen LogP contribution in [0.25, 0.3) is 0 Å². The fraction of sp³-hybridized carbons (Fsp3) is 0.400. The molecule has 6 heteroatoms. The summed E-state index contributed by atoms with van der Waals surface area (Å²) >= 11 is 5.88. The summed E-state index contributed by atoms with van der Waals surface area (Å²) in [4.78, 5) is 13.9. The highest BCUT2D eigenvalue weighted by molar-refractivity contribution is 6.28. The minimum absolute atomic E-state index is 0.111. The van der Waals surface area contributed by atoms with E-state index in [0.717, 1.165) is 6.42 Å². The highest BCUT2D eigenvalue weighted by Gasteiger charge is 2.09. The second-order valence-corrected chi connectivity index (χ2v) is 5.40. The first-order valence-corrected chi connectivity index (χ1v) is 7.24. The first-order valence-electron chi connectivity index (χ1n) is 6.86.